The fourth-order valence-electron chi connectivity index (χ4n) is 5.43. The lowest BCUT2D eigenvalue weighted by Gasteiger charge is -2.30. The van der Waals surface area contributed by atoms with Gasteiger partial charge in [-0.2, -0.15) is 0 Å². The molecule has 0 radical (unpaired) electrons. The van der Waals surface area contributed by atoms with Crippen molar-refractivity contribution in [2.24, 2.45) is 0 Å². The van der Waals surface area contributed by atoms with Crippen LogP contribution in [0.5, 0.6) is 0 Å². The molecule has 2 amide bonds. The lowest BCUT2D eigenvalue weighted by molar-refractivity contribution is -0.137. The highest BCUT2D eigenvalue weighted by atomic mass is 32.1. The highest BCUT2D eigenvalue weighted by Crippen LogP contribution is 2.30. The Morgan fingerprint density at radius 1 is 0.886 bits per heavy atom. The Morgan fingerprint density at radius 3 is 2.14 bits per heavy atom. The number of carboxylic acids is 1. The molecular weight excluding hydrogens is 568 g/mol. The Bertz CT molecular complexity index is 1460. The Balaban J connectivity index is 1.42. The van der Waals surface area contributed by atoms with Crippen LogP contribution < -0.4 is 10.2 Å². The van der Waals surface area contributed by atoms with E-state index in [1.807, 2.05) is 23.6 Å². The van der Waals surface area contributed by atoms with Gasteiger partial charge in [0.1, 0.15) is 11.6 Å². The summed E-state index contributed by atoms with van der Waals surface area (Å²) in [5.41, 5.74) is 6.27. The number of urea groups is 1. The number of hydrogen-bond acceptors (Lipinski definition) is 5. The first kappa shape index (κ1) is 32.7. The summed E-state index contributed by atoms with van der Waals surface area (Å²) in [5.74, 6) is -0.443. The minimum Gasteiger partial charge on any atom is -0.480 e. The lowest BCUT2D eigenvalue weighted by atomic mass is 9.90. The maximum absolute atomic E-state index is 12.8. The Labute approximate surface area is 265 Å². The molecule has 0 spiro atoms. The van der Waals surface area contributed by atoms with E-state index in [9.17, 15) is 14.7 Å². The van der Waals surface area contributed by atoms with E-state index in [0.29, 0.717) is 22.7 Å². The number of thiazole rings is 1. The minimum absolute atomic E-state index is 0.105. The van der Waals surface area contributed by atoms with Crippen LogP contribution in [0.3, 0.4) is 0 Å². The van der Waals surface area contributed by atoms with E-state index in [4.69, 9.17) is 4.98 Å². The second-order valence-electron chi connectivity index (χ2n) is 11.5. The molecule has 4 aromatic rings. The Morgan fingerprint density at radius 2 is 1.55 bits per heavy atom. The van der Waals surface area contributed by atoms with Gasteiger partial charge in [-0.05, 0) is 68.0 Å². The smallest absolute Gasteiger partial charge is 0.323 e. The molecule has 1 heterocycles. The normalized spacial score (nSPS) is 11.1. The lowest BCUT2D eigenvalue weighted by Crippen LogP contribution is -2.38. The molecule has 8 heteroatoms. The third-order valence-electron chi connectivity index (χ3n) is 7.71. The van der Waals surface area contributed by atoms with E-state index in [2.05, 4.69) is 86.4 Å². The molecule has 0 fully saturated rings. The van der Waals surface area contributed by atoms with E-state index in [0.717, 1.165) is 17.8 Å². The number of anilines is 2. The number of benzene rings is 3. The van der Waals surface area contributed by atoms with E-state index in [-0.39, 0.29) is 6.54 Å². The van der Waals surface area contributed by atoms with Crippen molar-refractivity contribution in [3.63, 3.8) is 0 Å². The van der Waals surface area contributed by atoms with Crippen molar-refractivity contribution in [1.82, 2.24) is 9.88 Å². The summed E-state index contributed by atoms with van der Waals surface area (Å²) in [5, 5.41) is 14.8. The van der Waals surface area contributed by atoms with Crippen molar-refractivity contribution >= 4 is 34.7 Å². The first-order valence-electron chi connectivity index (χ1n) is 15.5. The summed E-state index contributed by atoms with van der Waals surface area (Å²) in [4.78, 5) is 32.7. The molecule has 0 aliphatic heterocycles. The zero-order valence-electron chi connectivity index (χ0n) is 26.2. The maximum atomic E-state index is 12.8. The van der Waals surface area contributed by atoms with E-state index in [1.165, 1.54) is 58.7 Å². The highest BCUT2D eigenvalue weighted by Gasteiger charge is 2.20. The summed E-state index contributed by atoms with van der Waals surface area (Å²) in [7, 11) is 0. The standard InChI is InChI=1S/C36H44N4O3S/c1-5-10-28(11-6-2)29-18-20-32(21-19-29)40(26(3)4)22-27-14-16-30(17-15-27)33-25-44-34(38-33)23-39(24-35(41)42)36(43)37-31-12-8-7-9-13-31/h7-9,12-21,25-26,28H,5-6,10-11,22-24H2,1-4H3,(H,37,43)(H,41,42). The van der Waals surface area contributed by atoms with Gasteiger partial charge < -0.3 is 20.2 Å². The van der Waals surface area contributed by atoms with Crippen molar-refractivity contribution in [2.45, 2.75) is 78.4 Å². The van der Waals surface area contributed by atoms with Gasteiger partial charge in [0, 0.05) is 34.9 Å². The molecular formula is C36H44N4O3S. The third-order valence-corrected chi connectivity index (χ3v) is 8.55. The van der Waals surface area contributed by atoms with Gasteiger partial charge in [0.15, 0.2) is 0 Å². The van der Waals surface area contributed by atoms with Gasteiger partial charge in [-0.25, -0.2) is 9.78 Å². The van der Waals surface area contributed by atoms with E-state index in [1.54, 1.807) is 12.1 Å². The molecule has 0 aliphatic carbocycles. The van der Waals surface area contributed by atoms with Crippen molar-refractivity contribution in [2.75, 3.05) is 16.8 Å². The van der Waals surface area contributed by atoms with Gasteiger partial charge in [-0.3, -0.25) is 4.79 Å². The predicted octanol–water partition coefficient (Wildman–Crippen LogP) is 9.03. The Hall–Kier alpha value is -4.17. The molecule has 232 valence electrons. The summed E-state index contributed by atoms with van der Waals surface area (Å²) in [6.45, 7) is 9.46. The first-order valence-corrected chi connectivity index (χ1v) is 16.4. The zero-order valence-corrected chi connectivity index (χ0v) is 27.0. The molecule has 1 aromatic heterocycles. The highest BCUT2D eigenvalue weighted by molar-refractivity contribution is 7.09. The van der Waals surface area contributed by atoms with Crippen molar-refractivity contribution in [3.05, 3.63) is 100 Å². The average molecular weight is 613 g/mol. The van der Waals surface area contributed by atoms with Gasteiger partial charge in [0.2, 0.25) is 0 Å². The number of para-hydroxylation sites is 1. The number of carbonyl (C=O) groups is 2. The van der Waals surface area contributed by atoms with E-state index >= 15 is 0 Å². The van der Waals surface area contributed by atoms with Crippen LogP contribution in [0, 0.1) is 0 Å². The van der Waals surface area contributed by atoms with Crippen LogP contribution in [0.2, 0.25) is 0 Å². The molecule has 0 atom stereocenters. The van der Waals surface area contributed by atoms with Crippen LogP contribution in [0.15, 0.2) is 84.2 Å². The van der Waals surface area contributed by atoms with Crippen molar-refractivity contribution < 1.29 is 14.7 Å². The number of nitrogens with one attached hydrogen (secondary N) is 1. The van der Waals surface area contributed by atoms with Crippen LogP contribution in [0.25, 0.3) is 11.3 Å². The van der Waals surface area contributed by atoms with Gasteiger partial charge in [-0.1, -0.05) is 81.3 Å². The minimum atomic E-state index is -1.08. The van der Waals surface area contributed by atoms with Crippen molar-refractivity contribution in [3.8, 4) is 11.3 Å². The molecule has 0 saturated heterocycles. The van der Waals surface area contributed by atoms with E-state index < -0.39 is 18.5 Å². The third kappa shape index (κ3) is 9.16. The fourth-order valence-corrected chi connectivity index (χ4v) is 6.25. The topological polar surface area (TPSA) is 85.8 Å². The zero-order chi connectivity index (χ0) is 31.5. The van der Waals surface area contributed by atoms with Gasteiger partial charge in [-0.15, -0.1) is 11.3 Å². The summed E-state index contributed by atoms with van der Waals surface area (Å²) < 4.78 is 0. The number of carbonyl (C=O) groups excluding carboxylic acids is 1. The molecule has 0 bridgehead atoms. The van der Waals surface area contributed by atoms with Crippen LogP contribution in [0.1, 0.15) is 75.4 Å². The molecule has 0 saturated carbocycles. The molecule has 0 aliphatic rings. The summed E-state index contributed by atoms with van der Waals surface area (Å²) in [6, 6.07) is 26.4. The Kier molecular flexibility index (Phi) is 11.9. The van der Waals surface area contributed by atoms with Gasteiger partial charge >= 0.3 is 12.0 Å². The molecule has 3 aromatic carbocycles. The second kappa shape index (κ2) is 16.1. The number of aliphatic carboxylic acids is 1. The molecule has 2 N–H and O–H groups in total. The number of rotatable bonds is 15. The summed E-state index contributed by atoms with van der Waals surface area (Å²) in [6.07, 6.45) is 4.88. The number of carboxylic acid groups (broad SMARTS) is 1. The van der Waals surface area contributed by atoms with Crippen LogP contribution >= 0.6 is 11.3 Å². The SMILES string of the molecule is CCCC(CCC)c1ccc(N(Cc2ccc(-c3csc(CN(CC(=O)O)C(=O)Nc4ccccc4)n3)cc2)C(C)C)cc1. The van der Waals surface area contributed by atoms with Gasteiger partial charge in [0.25, 0.3) is 0 Å². The maximum Gasteiger partial charge on any atom is 0.323 e. The first-order chi connectivity index (χ1) is 21.3. The van der Waals surface area contributed by atoms with Crippen LogP contribution in [-0.2, 0) is 17.9 Å². The predicted molar refractivity (Wildman–Crippen MR) is 181 cm³/mol. The number of hydrogen-bond donors (Lipinski definition) is 2. The van der Waals surface area contributed by atoms with Crippen molar-refractivity contribution in [1.29, 1.82) is 0 Å². The monoisotopic (exact) mass is 612 g/mol. The molecule has 0 unspecified atom stereocenters. The van der Waals surface area contributed by atoms with Crippen LogP contribution in [0.4, 0.5) is 16.2 Å². The fraction of sp³-hybridized carbons (Fsp3) is 0.361. The quantitative estimate of drug-likeness (QED) is 0.140. The molecule has 44 heavy (non-hydrogen) atoms. The largest absolute Gasteiger partial charge is 0.480 e. The number of aromatic nitrogens is 1. The molecule has 4 rings (SSSR count). The second-order valence-corrected chi connectivity index (χ2v) is 12.4. The number of amides is 2. The van der Waals surface area contributed by atoms with Crippen LogP contribution in [-0.4, -0.2) is 39.6 Å². The summed E-state index contributed by atoms with van der Waals surface area (Å²) >= 11 is 1.41. The number of nitrogens with zero attached hydrogens (tertiary/aromatic N) is 3. The molecule has 7 nitrogen and oxygen atoms in total. The average Bonchev–Trinajstić information content (AvgIpc) is 3.48. The van der Waals surface area contributed by atoms with Gasteiger partial charge in [0.05, 0.1) is 12.2 Å².